The molecule has 33 heavy (non-hydrogen) atoms. The zero-order valence-electron chi connectivity index (χ0n) is 20.4. The van der Waals surface area contributed by atoms with Gasteiger partial charge in [-0.05, 0) is 23.5 Å². The van der Waals surface area contributed by atoms with Gasteiger partial charge in [0.2, 0.25) is 5.95 Å². The van der Waals surface area contributed by atoms with Gasteiger partial charge in [0.05, 0.1) is 22.7 Å². The van der Waals surface area contributed by atoms with E-state index in [1.807, 2.05) is 7.05 Å². The minimum Gasteiger partial charge on any atom is -0.357 e. The van der Waals surface area contributed by atoms with E-state index in [0.29, 0.717) is 19.0 Å². The molecule has 0 aliphatic carbocycles. The molecule has 4 rings (SSSR count). The number of anilines is 2. The summed E-state index contributed by atoms with van der Waals surface area (Å²) in [5, 5.41) is 9.08. The Hall–Kier alpha value is -2.69. The van der Waals surface area contributed by atoms with Gasteiger partial charge in [0, 0.05) is 51.2 Å². The Kier molecular flexibility index (Phi) is 6.87. The van der Waals surface area contributed by atoms with Crippen LogP contribution in [-0.4, -0.2) is 54.6 Å². The number of nitrogens with zero attached hydrogens (tertiary/aromatic N) is 6. The van der Waals surface area contributed by atoms with Crippen LogP contribution in [0.25, 0.3) is 10.2 Å². The van der Waals surface area contributed by atoms with Gasteiger partial charge in [-0.2, -0.15) is 10.2 Å². The molecule has 7 heteroatoms. The lowest BCUT2D eigenvalue weighted by Gasteiger charge is -2.26. The van der Waals surface area contributed by atoms with E-state index in [-0.39, 0.29) is 5.41 Å². The maximum atomic E-state index is 9.08. The highest BCUT2D eigenvalue weighted by molar-refractivity contribution is 7.19. The Morgan fingerprint density at radius 2 is 1.94 bits per heavy atom. The Bertz CT molecular complexity index is 1130. The Balaban J connectivity index is 1.60. The molecular weight excluding hydrogens is 428 g/mol. The van der Waals surface area contributed by atoms with E-state index in [4.69, 9.17) is 15.2 Å². The standard InChI is InChI=1S/C26H34N6S/c1-26(2,3)22-16-21-23(33-22)24(30(4)14-9-13-27)29-25(28-21)31(5)20-12-15-32(18-20)17-19-10-7-6-8-11-19/h6-8,10-11,16,20H,9,12,14-15,17-18H2,1-5H3. The van der Waals surface area contributed by atoms with Gasteiger partial charge in [-0.25, -0.2) is 4.98 Å². The first-order valence-electron chi connectivity index (χ1n) is 11.7. The molecule has 3 heterocycles. The number of aromatic nitrogens is 2. The van der Waals surface area contributed by atoms with Crippen LogP contribution in [0.3, 0.4) is 0 Å². The normalized spacial score (nSPS) is 16.8. The largest absolute Gasteiger partial charge is 0.357 e. The number of hydrogen-bond donors (Lipinski definition) is 0. The summed E-state index contributed by atoms with van der Waals surface area (Å²) >= 11 is 1.77. The third-order valence-corrected chi connectivity index (χ3v) is 7.91. The number of nitriles is 1. The van der Waals surface area contributed by atoms with Crippen molar-refractivity contribution in [2.45, 2.75) is 51.6 Å². The molecule has 1 aliphatic rings. The molecule has 1 unspecified atom stereocenters. The van der Waals surface area contributed by atoms with Gasteiger partial charge in [-0.1, -0.05) is 51.1 Å². The lowest BCUT2D eigenvalue weighted by atomic mass is 9.95. The second kappa shape index (κ2) is 9.66. The lowest BCUT2D eigenvalue weighted by Crippen LogP contribution is -2.36. The van der Waals surface area contributed by atoms with Crippen molar-refractivity contribution in [3.05, 3.63) is 46.8 Å². The van der Waals surface area contributed by atoms with Gasteiger partial charge in [0.1, 0.15) is 0 Å². The van der Waals surface area contributed by atoms with Crippen molar-refractivity contribution in [1.29, 1.82) is 5.26 Å². The van der Waals surface area contributed by atoms with Crippen LogP contribution in [-0.2, 0) is 12.0 Å². The average molecular weight is 463 g/mol. The van der Waals surface area contributed by atoms with E-state index in [9.17, 15) is 0 Å². The summed E-state index contributed by atoms with van der Waals surface area (Å²) in [4.78, 5) is 18.2. The van der Waals surface area contributed by atoms with E-state index in [1.165, 1.54) is 10.4 Å². The molecule has 2 aromatic heterocycles. The first kappa shape index (κ1) is 23.5. The van der Waals surface area contributed by atoms with E-state index in [2.05, 4.69) is 85.0 Å². The van der Waals surface area contributed by atoms with Crippen LogP contribution in [0.1, 0.15) is 44.1 Å². The molecule has 0 N–H and O–H groups in total. The quantitative estimate of drug-likeness (QED) is 0.490. The highest BCUT2D eigenvalue weighted by atomic mass is 32.1. The summed E-state index contributed by atoms with van der Waals surface area (Å²) in [6.07, 6.45) is 1.57. The summed E-state index contributed by atoms with van der Waals surface area (Å²) in [5.41, 5.74) is 2.41. The molecule has 1 fully saturated rings. The third-order valence-electron chi connectivity index (χ3n) is 6.36. The number of likely N-dealkylation sites (N-methyl/N-ethyl adjacent to an activating group) is 1. The van der Waals surface area contributed by atoms with Crippen LogP contribution >= 0.6 is 11.3 Å². The summed E-state index contributed by atoms with van der Waals surface area (Å²) < 4.78 is 1.11. The summed E-state index contributed by atoms with van der Waals surface area (Å²) in [5.74, 6) is 1.70. The molecule has 6 nitrogen and oxygen atoms in total. The van der Waals surface area contributed by atoms with Gasteiger partial charge < -0.3 is 9.80 Å². The third kappa shape index (κ3) is 5.29. The second-order valence-corrected chi connectivity index (χ2v) is 11.1. The molecular formula is C26H34N6S. The molecule has 0 saturated carbocycles. The lowest BCUT2D eigenvalue weighted by molar-refractivity contribution is 0.325. The maximum Gasteiger partial charge on any atom is 0.227 e. The van der Waals surface area contributed by atoms with Gasteiger partial charge in [0.15, 0.2) is 5.82 Å². The minimum atomic E-state index is 0.0588. The van der Waals surface area contributed by atoms with Crippen LogP contribution < -0.4 is 9.80 Å². The minimum absolute atomic E-state index is 0.0588. The SMILES string of the molecule is CN(CCC#N)c1nc(N(C)C2CCN(Cc3ccccc3)C2)nc2cc(C(C)(C)C)sc12. The van der Waals surface area contributed by atoms with E-state index < -0.39 is 0 Å². The van der Waals surface area contributed by atoms with Crippen molar-refractivity contribution >= 4 is 33.3 Å². The van der Waals surface area contributed by atoms with Crippen LogP contribution in [0.15, 0.2) is 36.4 Å². The summed E-state index contributed by atoms with van der Waals surface area (Å²) in [6.45, 7) is 10.4. The van der Waals surface area contributed by atoms with Crippen molar-refractivity contribution in [2.24, 2.45) is 0 Å². The average Bonchev–Trinajstić information content (AvgIpc) is 3.44. The number of benzene rings is 1. The number of rotatable bonds is 7. The molecule has 1 atom stereocenters. The van der Waals surface area contributed by atoms with E-state index in [1.54, 1.807) is 11.3 Å². The fourth-order valence-corrected chi connectivity index (χ4v) is 5.49. The summed E-state index contributed by atoms with van der Waals surface area (Å²) in [7, 11) is 4.14. The Labute approximate surface area is 201 Å². The first-order valence-corrected chi connectivity index (χ1v) is 12.5. The van der Waals surface area contributed by atoms with Crippen LogP contribution in [0.2, 0.25) is 0 Å². The zero-order valence-corrected chi connectivity index (χ0v) is 21.2. The fourth-order valence-electron chi connectivity index (χ4n) is 4.29. The van der Waals surface area contributed by atoms with Crippen molar-refractivity contribution in [3.63, 3.8) is 0 Å². The second-order valence-electron chi connectivity index (χ2n) is 10.0. The Morgan fingerprint density at radius 3 is 2.64 bits per heavy atom. The van der Waals surface area contributed by atoms with Gasteiger partial charge in [-0.3, -0.25) is 4.90 Å². The molecule has 0 bridgehead atoms. The highest BCUT2D eigenvalue weighted by Gasteiger charge is 2.29. The fraction of sp³-hybridized carbons (Fsp3) is 0.500. The predicted molar refractivity (Wildman–Crippen MR) is 138 cm³/mol. The number of fused-ring (bicyclic) bond motifs is 1. The van der Waals surface area contributed by atoms with Crippen molar-refractivity contribution in [2.75, 3.05) is 43.5 Å². The molecule has 1 saturated heterocycles. The molecule has 174 valence electrons. The maximum absolute atomic E-state index is 9.08. The van der Waals surface area contributed by atoms with Gasteiger partial charge >= 0.3 is 0 Å². The number of hydrogen-bond acceptors (Lipinski definition) is 7. The highest BCUT2D eigenvalue weighted by Crippen LogP contribution is 2.38. The van der Waals surface area contributed by atoms with Gasteiger partial charge in [0.25, 0.3) is 0 Å². The van der Waals surface area contributed by atoms with Crippen LogP contribution in [0, 0.1) is 11.3 Å². The Morgan fingerprint density at radius 1 is 1.18 bits per heavy atom. The van der Waals surface area contributed by atoms with Crippen LogP contribution in [0.4, 0.5) is 11.8 Å². The van der Waals surface area contributed by atoms with Gasteiger partial charge in [-0.15, -0.1) is 11.3 Å². The van der Waals surface area contributed by atoms with Crippen molar-refractivity contribution in [1.82, 2.24) is 14.9 Å². The summed E-state index contributed by atoms with van der Waals surface area (Å²) in [6, 6.07) is 15.5. The molecule has 3 aromatic rings. The molecule has 1 aliphatic heterocycles. The van der Waals surface area contributed by atoms with E-state index >= 15 is 0 Å². The molecule has 0 spiro atoms. The monoisotopic (exact) mass is 462 g/mol. The molecule has 0 amide bonds. The smallest absolute Gasteiger partial charge is 0.227 e. The number of thiophene rings is 1. The number of likely N-dealkylation sites (tertiary alicyclic amines) is 1. The van der Waals surface area contributed by atoms with Crippen molar-refractivity contribution < 1.29 is 0 Å². The first-order chi connectivity index (χ1) is 15.8. The predicted octanol–water partition coefficient (Wildman–Crippen LogP) is 5.05. The van der Waals surface area contributed by atoms with Crippen LogP contribution in [0.5, 0.6) is 0 Å². The molecule has 0 radical (unpaired) electrons. The van der Waals surface area contributed by atoms with Crippen molar-refractivity contribution in [3.8, 4) is 6.07 Å². The topological polar surface area (TPSA) is 59.3 Å². The molecule has 1 aromatic carbocycles. The van der Waals surface area contributed by atoms with E-state index in [0.717, 1.165) is 48.0 Å². The zero-order chi connectivity index (χ0) is 23.6.